The van der Waals surface area contributed by atoms with Crippen molar-refractivity contribution in [1.29, 1.82) is 0 Å². The third-order valence-electron chi connectivity index (χ3n) is 2.83. The number of hydrogen-bond acceptors (Lipinski definition) is 3. The molecule has 2 aromatic rings. The molecule has 0 spiro atoms. The molecule has 7 heteroatoms. The highest BCUT2D eigenvalue weighted by molar-refractivity contribution is 5.90. The van der Waals surface area contributed by atoms with Gasteiger partial charge >= 0.3 is 12.5 Å². The number of rotatable bonds is 5. The van der Waals surface area contributed by atoms with E-state index >= 15 is 0 Å². The van der Waals surface area contributed by atoms with E-state index in [0.29, 0.717) is 15.9 Å². The second kappa shape index (κ2) is 5.68. The van der Waals surface area contributed by atoms with Crippen LogP contribution in [0.5, 0.6) is 5.75 Å². The Labute approximate surface area is 113 Å². The van der Waals surface area contributed by atoms with E-state index in [1.807, 2.05) is 0 Å². The van der Waals surface area contributed by atoms with E-state index in [1.165, 1.54) is 18.3 Å². The first-order valence-electron chi connectivity index (χ1n) is 5.76. The van der Waals surface area contributed by atoms with E-state index in [1.54, 1.807) is 13.0 Å². The number of benzene rings is 1. The number of aromatic nitrogens is 2. The van der Waals surface area contributed by atoms with E-state index in [2.05, 4.69) is 4.98 Å². The first-order valence-corrected chi connectivity index (χ1v) is 5.76. The first-order chi connectivity index (χ1) is 9.50. The number of aromatic carboxylic acids is 1. The Morgan fingerprint density at radius 1 is 1.50 bits per heavy atom. The fourth-order valence-electron chi connectivity index (χ4n) is 1.78. The summed E-state index contributed by atoms with van der Waals surface area (Å²) in [6, 6.07) is 4.56. The molecule has 20 heavy (non-hydrogen) atoms. The van der Waals surface area contributed by atoms with E-state index in [4.69, 9.17) is 9.84 Å². The van der Waals surface area contributed by atoms with Gasteiger partial charge in [-0.1, -0.05) is 6.07 Å². The Morgan fingerprint density at radius 3 is 2.90 bits per heavy atom. The molecule has 0 amide bonds. The van der Waals surface area contributed by atoms with Crippen LogP contribution in [0, 0.1) is 6.92 Å². The Balaban J connectivity index is 2.17. The molecule has 0 atom stereocenters. The number of hydrogen-bond donors (Lipinski definition) is 1. The lowest BCUT2D eigenvalue weighted by molar-refractivity contribution is 0.0632. The summed E-state index contributed by atoms with van der Waals surface area (Å²) in [5, 5.41) is 8.99. The predicted molar refractivity (Wildman–Crippen MR) is 66.0 cm³/mol. The maximum Gasteiger partial charge on any atom is 0.336 e. The van der Waals surface area contributed by atoms with Crippen LogP contribution in [0.2, 0.25) is 0 Å². The zero-order valence-corrected chi connectivity index (χ0v) is 10.6. The van der Waals surface area contributed by atoms with Crippen LogP contribution in [0.15, 0.2) is 30.6 Å². The van der Waals surface area contributed by atoms with Crippen molar-refractivity contribution < 1.29 is 23.4 Å². The normalized spacial score (nSPS) is 10.8. The van der Waals surface area contributed by atoms with Crippen molar-refractivity contribution in [2.45, 2.75) is 20.1 Å². The summed E-state index contributed by atoms with van der Waals surface area (Å²) in [5.74, 6) is -0.670. The maximum absolute atomic E-state index is 12.6. The van der Waals surface area contributed by atoms with Gasteiger partial charge in [0, 0.05) is 18.0 Å². The van der Waals surface area contributed by atoms with Gasteiger partial charge in [0.25, 0.3) is 0 Å². The van der Waals surface area contributed by atoms with E-state index in [0.717, 1.165) is 6.20 Å². The van der Waals surface area contributed by atoms with Crippen molar-refractivity contribution in [2.24, 2.45) is 0 Å². The second-order valence-corrected chi connectivity index (χ2v) is 4.05. The number of carboxylic acids is 1. The molecule has 0 radical (unpaired) electrons. The molecule has 0 fully saturated rings. The molecule has 2 rings (SSSR count). The van der Waals surface area contributed by atoms with E-state index in [-0.39, 0.29) is 18.0 Å². The molecule has 1 heterocycles. The molecule has 5 nitrogen and oxygen atoms in total. The van der Waals surface area contributed by atoms with Gasteiger partial charge in [-0.15, -0.1) is 0 Å². The van der Waals surface area contributed by atoms with Gasteiger partial charge in [0.1, 0.15) is 12.4 Å². The van der Waals surface area contributed by atoms with Crippen molar-refractivity contribution in [3.8, 4) is 5.75 Å². The maximum atomic E-state index is 12.6. The van der Waals surface area contributed by atoms with Gasteiger partial charge in [-0.25, -0.2) is 9.78 Å². The number of carboxylic acid groups (broad SMARTS) is 1. The van der Waals surface area contributed by atoms with Gasteiger partial charge in [0.15, 0.2) is 5.82 Å². The number of carbonyl (C=O) groups is 1. The van der Waals surface area contributed by atoms with Crippen molar-refractivity contribution in [3.63, 3.8) is 0 Å². The van der Waals surface area contributed by atoms with Crippen molar-refractivity contribution in [2.75, 3.05) is 0 Å². The Bertz CT molecular complexity index is 626. The molecule has 1 N–H and O–H groups in total. The quantitative estimate of drug-likeness (QED) is 0.915. The number of alkyl halides is 2. The van der Waals surface area contributed by atoms with Crippen LogP contribution >= 0.6 is 0 Å². The topological polar surface area (TPSA) is 64.4 Å². The monoisotopic (exact) mass is 282 g/mol. The molecule has 0 saturated carbocycles. The summed E-state index contributed by atoms with van der Waals surface area (Å²) in [6.45, 7) is -1.26. The van der Waals surface area contributed by atoms with Crippen LogP contribution in [-0.4, -0.2) is 20.6 Å². The first kappa shape index (κ1) is 14.0. The SMILES string of the molecule is Cc1c(OCc2nccn2C(F)F)cccc1C(=O)O. The summed E-state index contributed by atoms with van der Waals surface area (Å²) in [5.41, 5.74) is 0.551. The smallest absolute Gasteiger partial charge is 0.336 e. The molecule has 0 aliphatic heterocycles. The Morgan fingerprint density at radius 2 is 2.25 bits per heavy atom. The highest BCUT2D eigenvalue weighted by Crippen LogP contribution is 2.23. The number of nitrogens with zero attached hydrogens (tertiary/aromatic N) is 2. The highest BCUT2D eigenvalue weighted by atomic mass is 19.3. The van der Waals surface area contributed by atoms with Crippen LogP contribution in [-0.2, 0) is 6.61 Å². The minimum absolute atomic E-state index is 0.0696. The average molecular weight is 282 g/mol. The standard InChI is InChI=1S/C13H12F2N2O3/c1-8-9(12(18)19)3-2-4-10(8)20-7-11-16-5-6-17(11)13(14)15/h2-6,13H,7H2,1H3,(H,18,19). The van der Waals surface area contributed by atoms with Crippen molar-refractivity contribution in [3.05, 3.63) is 47.5 Å². The van der Waals surface area contributed by atoms with Crippen molar-refractivity contribution in [1.82, 2.24) is 9.55 Å². The summed E-state index contributed by atoms with van der Waals surface area (Å²) in [4.78, 5) is 14.8. The molecule has 1 aromatic carbocycles. The third-order valence-corrected chi connectivity index (χ3v) is 2.83. The summed E-state index contributed by atoms with van der Waals surface area (Å²) < 4.78 is 31.3. The van der Waals surface area contributed by atoms with Crippen LogP contribution in [0.4, 0.5) is 8.78 Å². The number of halogens is 2. The lowest BCUT2D eigenvalue weighted by Crippen LogP contribution is -2.08. The number of ether oxygens (including phenoxy) is 1. The minimum Gasteiger partial charge on any atom is -0.485 e. The Kier molecular flexibility index (Phi) is 3.97. The molecule has 0 aliphatic carbocycles. The molecular formula is C13H12F2N2O3. The molecule has 0 saturated heterocycles. The summed E-state index contributed by atoms with van der Waals surface area (Å²) >= 11 is 0. The second-order valence-electron chi connectivity index (χ2n) is 4.05. The summed E-state index contributed by atoms with van der Waals surface area (Å²) in [7, 11) is 0. The van der Waals surface area contributed by atoms with Gasteiger partial charge in [-0.2, -0.15) is 8.78 Å². The van der Waals surface area contributed by atoms with Gasteiger partial charge in [-0.05, 0) is 19.1 Å². The largest absolute Gasteiger partial charge is 0.485 e. The van der Waals surface area contributed by atoms with Crippen molar-refractivity contribution >= 4 is 5.97 Å². The van der Waals surface area contributed by atoms with Gasteiger partial charge in [0.05, 0.1) is 5.56 Å². The molecule has 1 aromatic heterocycles. The van der Waals surface area contributed by atoms with Gasteiger partial charge in [-0.3, -0.25) is 4.57 Å². The Hall–Kier alpha value is -2.44. The van der Waals surface area contributed by atoms with Crippen LogP contribution in [0.3, 0.4) is 0 Å². The lowest BCUT2D eigenvalue weighted by Gasteiger charge is -2.11. The van der Waals surface area contributed by atoms with Gasteiger partial charge < -0.3 is 9.84 Å². The zero-order valence-electron chi connectivity index (χ0n) is 10.6. The predicted octanol–water partition coefficient (Wildman–Crippen LogP) is 2.86. The van der Waals surface area contributed by atoms with E-state index < -0.39 is 12.5 Å². The molecule has 0 aliphatic rings. The van der Waals surface area contributed by atoms with Crippen LogP contribution < -0.4 is 4.74 Å². The molecular weight excluding hydrogens is 270 g/mol. The number of imidazole rings is 1. The van der Waals surface area contributed by atoms with Gasteiger partial charge in [0.2, 0.25) is 0 Å². The third kappa shape index (κ3) is 2.76. The average Bonchev–Trinajstić information content (AvgIpc) is 2.85. The minimum atomic E-state index is -2.69. The fourth-order valence-corrected chi connectivity index (χ4v) is 1.78. The zero-order chi connectivity index (χ0) is 14.7. The molecule has 0 unspecified atom stereocenters. The summed E-state index contributed by atoms with van der Waals surface area (Å²) in [6.07, 6.45) is 2.41. The van der Waals surface area contributed by atoms with E-state index in [9.17, 15) is 13.6 Å². The van der Waals surface area contributed by atoms with Crippen LogP contribution in [0.25, 0.3) is 0 Å². The molecule has 106 valence electrons. The fraction of sp³-hybridized carbons (Fsp3) is 0.231. The lowest BCUT2D eigenvalue weighted by atomic mass is 10.1. The van der Waals surface area contributed by atoms with Crippen LogP contribution in [0.1, 0.15) is 28.3 Å². The highest BCUT2D eigenvalue weighted by Gasteiger charge is 2.14. The molecule has 0 bridgehead atoms.